The summed E-state index contributed by atoms with van der Waals surface area (Å²) in [6.45, 7) is 2.08. The molecule has 5 amide bonds. The van der Waals surface area contributed by atoms with Crippen molar-refractivity contribution in [2.24, 2.45) is 11.8 Å². The normalized spacial score (nSPS) is 28.1. The molecule has 2 heterocycles. The molecule has 16 nitrogen and oxygen atoms in total. The monoisotopic (exact) mass is 567 g/mol. The molecule has 1 fully saturated rings. The number of nitrogens with zero attached hydrogens (tertiary/aromatic N) is 1. The second-order valence-electron chi connectivity index (χ2n) is 9.84. The van der Waals surface area contributed by atoms with Crippen LogP contribution in [0.5, 0.6) is 0 Å². The smallest absolute Gasteiger partial charge is 0.245 e. The second kappa shape index (κ2) is 15.0. The zero-order valence-electron chi connectivity index (χ0n) is 22.5. The van der Waals surface area contributed by atoms with Gasteiger partial charge in [0.25, 0.3) is 0 Å². The lowest BCUT2D eigenvalue weighted by atomic mass is 9.97. The fraction of sp³-hybridized carbons (Fsp3) is 0.625. The van der Waals surface area contributed by atoms with E-state index in [-0.39, 0.29) is 6.42 Å². The first-order chi connectivity index (χ1) is 18.9. The van der Waals surface area contributed by atoms with Crippen molar-refractivity contribution in [3.05, 3.63) is 18.2 Å². The van der Waals surface area contributed by atoms with Gasteiger partial charge in [0.2, 0.25) is 29.5 Å². The first-order valence-electron chi connectivity index (χ1n) is 12.8. The molecule has 16 heteroatoms. The first kappa shape index (κ1) is 32.3. The molecule has 0 aliphatic carbocycles. The number of Topliss-reactive ketones (excluding diaryl/α,β-unsaturated/α-hetero) is 1. The number of hydrogen-bond donors (Lipinski definition) is 9. The van der Waals surface area contributed by atoms with Gasteiger partial charge in [-0.1, -0.05) is 13.8 Å². The minimum atomic E-state index is -1.54. The largest absolute Gasteiger partial charge is 0.396 e. The van der Waals surface area contributed by atoms with E-state index in [0.29, 0.717) is 5.69 Å². The molecular formula is C24H37N7O9. The Morgan fingerprint density at radius 1 is 0.775 bits per heavy atom. The summed E-state index contributed by atoms with van der Waals surface area (Å²) < 4.78 is 0. The third-order valence-electron chi connectivity index (χ3n) is 6.35. The van der Waals surface area contributed by atoms with Gasteiger partial charge in [-0.2, -0.15) is 0 Å². The third-order valence-corrected chi connectivity index (χ3v) is 6.35. The second-order valence-corrected chi connectivity index (χ2v) is 9.84. The molecule has 0 radical (unpaired) electrons. The van der Waals surface area contributed by atoms with Crippen molar-refractivity contribution >= 4 is 35.3 Å². The number of nitrogens with one attached hydrogen (secondary N) is 6. The van der Waals surface area contributed by atoms with Crippen LogP contribution >= 0.6 is 0 Å². The lowest BCUT2D eigenvalue weighted by Gasteiger charge is -2.28. The Bertz CT molecular complexity index is 1060. The highest BCUT2D eigenvalue weighted by molar-refractivity contribution is 5.98. The molecule has 0 aromatic carbocycles. The van der Waals surface area contributed by atoms with E-state index in [2.05, 4.69) is 36.6 Å². The van der Waals surface area contributed by atoms with Crippen molar-refractivity contribution in [1.82, 2.24) is 36.6 Å². The zero-order chi connectivity index (χ0) is 30.0. The van der Waals surface area contributed by atoms with Gasteiger partial charge in [-0.25, -0.2) is 4.98 Å². The predicted molar refractivity (Wildman–Crippen MR) is 137 cm³/mol. The molecule has 2 rings (SSSR count). The van der Waals surface area contributed by atoms with Crippen LogP contribution in [0.15, 0.2) is 12.5 Å². The summed E-state index contributed by atoms with van der Waals surface area (Å²) in [5.41, 5.74) is 0.467. The van der Waals surface area contributed by atoms with Gasteiger partial charge in [0.1, 0.15) is 30.2 Å². The number of H-pyrrole nitrogens is 1. The van der Waals surface area contributed by atoms with Gasteiger partial charge in [-0.15, -0.1) is 0 Å². The number of aliphatic hydroxyl groups excluding tert-OH is 3. The summed E-state index contributed by atoms with van der Waals surface area (Å²) >= 11 is 0. The number of ketones is 1. The van der Waals surface area contributed by atoms with Crippen molar-refractivity contribution in [2.75, 3.05) is 19.8 Å². The lowest BCUT2D eigenvalue weighted by Crippen LogP contribution is -2.61. The van der Waals surface area contributed by atoms with Crippen LogP contribution in [0.3, 0.4) is 0 Å². The Hall–Kier alpha value is -3.89. The maximum absolute atomic E-state index is 13.1. The summed E-state index contributed by atoms with van der Waals surface area (Å²) in [5, 5.41) is 41.2. The summed E-state index contributed by atoms with van der Waals surface area (Å²) in [5.74, 6) is -6.82. The fourth-order valence-electron chi connectivity index (χ4n) is 3.89. The molecule has 0 spiro atoms. The van der Waals surface area contributed by atoms with Crippen LogP contribution in [0.1, 0.15) is 32.9 Å². The molecule has 1 saturated heterocycles. The fourth-order valence-corrected chi connectivity index (χ4v) is 3.89. The molecule has 6 atom stereocenters. The van der Waals surface area contributed by atoms with Crippen molar-refractivity contribution < 1.29 is 44.1 Å². The molecule has 1 aromatic heterocycles. The highest BCUT2D eigenvalue weighted by Crippen LogP contribution is 2.10. The van der Waals surface area contributed by atoms with Crippen LogP contribution in [0.25, 0.3) is 0 Å². The summed E-state index contributed by atoms with van der Waals surface area (Å²) in [6, 6.07) is -6.66. The number of aromatic nitrogens is 2. The highest BCUT2D eigenvalue weighted by Gasteiger charge is 2.34. The topological polar surface area (TPSA) is 252 Å². The van der Waals surface area contributed by atoms with Crippen LogP contribution in [0, 0.1) is 11.8 Å². The van der Waals surface area contributed by atoms with Crippen molar-refractivity contribution in [2.45, 2.75) is 63.8 Å². The van der Waals surface area contributed by atoms with E-state index in [4.69, 9.17) is 0 Å². The lowest BCUT2D eigenvalue weighted by molar-refractivity contribution is -0.138. The number of rotatable bonds is 6. The maximum Gasteiger partial charge on any atom is 0.245 e. The molecule has 1 aromatic rings. The average Bonchev–Trinajstić information content (AvgIpc) is 3.43. The number of carbonyl (C=O) groups is 6. The van der Waals surface area contributed by atoms with Gasteiger partial charge in [0.15, 0.2) is 5.78 Å². The highest BCUT2D eigenvalue weighted by atomic mass is 16.3. The standard InChI is InChI=1S/C24H37N7O9/c1-11(2)19-24(40)30-17(9-34)23(39)29-16(8-33)18(35)4-13(7-32)21(37)28-15(5-14-6-25-10-26-14)22(38)27-12(3)20(36)31-19/h6,10-13,15-17,19,32-34H,4-5,7-9H2,1-3H3,(H,25,26)(H,27,38)(H,28,37)(H,29,39)(H,30,40)(H,31,36)/t12-,13-,15-,16-,17-,19-/m0/s1. The van der Waals surface area contributed by atoms with Crippen molar-refractivity contribution in [3.8, 4) is 0 Å². The van der Waals surface area contributed by atoms with E-state index in [0.717, 1.165) is 0 Å². The Balaban J connectivity index is 2.43. The molecule has 9 N–H and O–H groups in total. The van der Waals surface area contributed by atoms with E-state index in [1.165, 1.54) is 19.4 Å². The summed E-state index contributed by atoms with van der Waals surface area (Å²) in [6.07, 6.45) is 2.10. The van der Waals surface area contributed by atoms with Gasteiger partial charge in [-0.05, 0) is 12.8 Å². The first-order valence-corrected chi connectivity index (χ1v) is 12.8. The predicted octanol–water partition coefficient (Wildman–Crippen LogP) is -4.38. The number of hydrogen-bond acceptors (Lipinski definition) is 10. The molecule has 0 saturated carbocycles. The van der Waals surface area contributed by atoms with Crippen LogP contribution in [0.2, 0.25) is 0 Å². The number of amides is 5. The molecule has 40 heavy (non-hydrogen) atoms. The van der Waals surface area contributed by atoms with Gasteiger partial charge in [0.05, 0.1) is 32.1 Å². The van der Waals surface area contributed by atoms with E-state index < -0.39 is 104 Å². The molecule has 0 bridgehead atoms. The van der Waals surface area contributed by atoms with Gasteiger partial charge < -0.3 is 46.9 Å². The van der Waals surface area contributed by atoms with E-state index in [9.17, 15) is 44.1 Å². The van der Waals surface area contributed by atoms with E-state index in [1.54, 1.807) is 13.8 Å². The zero-order valence-corrected chi connectivity index (χ0v) is 22.5. The van der Waals surface area contributed by atoms with Crippen molar-refractivity contribution in [3.63, 3.8) is 0 Å². The van der Waals surface area contributed by atoms with Crippen molar-refractivity contribution in [1.29, 1.82) is 0 Å². The van der Waals surface area contributed by atoms with E-state index >= 15 is 0 Å². The number of carbonyl (C=O) groups excluding carboxylic acids is 6. The SMILES string of the molecule is CC(C)[C@@H]1NC(=O)[C@H](C)NC(=O)[C@H](Cc2cnc[nH]2)NC(=O)[C@H](CO)CC(=O)[C@H](CO)NC(=O)[C@H](CO)NC1=O. The van der Waals surface area contributed by atoms with Crippen LogP contribution in [-0.4, -0.2) is 111 Å². The number of aliphatic hydroxyl groups is 3. The van der Waals surface area contributed by atoms with E-state index in [1.807, 2.05) is 0 Å². The molecular weight excluding hydrogens is 530 g/mol. The third kappa shape index (κ3) is 8.82. The molecule has 222 valence electrons. The Kier molecular flexibility index (Phi) is 12.2. The average molecular weight is 568 g/mol. The minimum Gasteiger partial charge on any atom is -0.396 e. The Labute approximate surface area is 230 Å². The van der Waals surface area contributed by atoms with Gasteiger partial charge >= 0.3 is 0 Å². The summed E-state index contributed by atoms with van der Waals surface area (Å²) in [4.78, 5) is 84.2. The quantitative estimate of drug-likeness (QED) is 0.160. The molecule has 0 unspecified atom stereocenters. The van der Waals surface area contributed by atoms with Crippen LogP contribution in [-0.2, 0) is 35.2 Å². The number of imidazole rings is 1. The minimum absolute atomic E-state index is 0.0765. The van der Waals surface area contributed by atoms with Gasteiger partial charge in [-0.3, -0.25) is 28.8 Å². The maximum atomic E-state index is 13.1. The van der Waals surface area contributed by atoms with Gasteiger partial charge in [0, 0.05) is 24.7 Å². The summed E-state index contributed by atoms with van der Waals surface area (Å²) in [7, 11) is 0. The molecule has 1 aliphatic heterocycles. The molecule has 1 aliphatic rings. The Morgan fingerprint density at radius 3 is 1.93 bits per heavy atom. The number of aromatic amines is 1. The van der Waals surface area contributed by atoms with Crippen LogP contribution in [0.4, 0.5) is 0 Å². The Morgan fingerprint density at radius 2 is 1.38 bits per heavy atom. The van der Waals surface area contributed by atoms with Crippen LogP contribution < -0.4 is 26.6 Å².